The first-order valence-electron chi connectivity index (χ1n) is 2.68. The van der Waals surface area contributed by atoms with Gasteiger partial charge >= 0.3 is 0 Å². The zero-order valence-corrected chi connectivity index (χ0v) is 5.87. The number of hydrogen-bond acceptors (Lipinski definition) is 1. The summed E-state index contributed by atoms with van der Waals surface area (Å²) >= 11 is 0. The number of rotatable bonds is 0. The summed E-state index contributed by atoms with van der Waals surface area (Å²) in [5.74, 6) is 0. The van der Waals surface area contributed by atoms with Gasteiger partial charge in [0.05, 0.1) is 11.8 Å². The van der Waals surface area contributed by atoms with Crippen LogP contribution in [-0.4, -0.2) is 4.98 Å². The molecule has 0 bridgehead atoms. The molecule has 2 aromatic rings. The molecule has 0 spiro atoms. The van der Waals surface area contributed by atoms with Crippen LogP contribution in [0.4, 0.5) is 0 Å². The van der Waals surface area contributed by atoms with Crippen LogP contribution < -0.4 is 5.44 Å². The number of H-pyrrole nitrogens is 1. The van der Waals surface area contributed by atoms with Crippen molar-refractivity contribution in [2.45, 2.75) is 0 Å². The molecule has 0 fully saturated rings. The molecule has 2 aromatic heterocycles. The van der Waals surface area contributed by atoms with Crippen LogP contribution in [0.3, 0.4) is 0 Å². The second-order valence-electron chi connectivity index (χ2n) is 1.92. The lowest BCUT2D eigenvalue weighted by Crippen LogP contribution is -1.84. The maximum Gasteiger partial charge on any atom is 0.152 e. The largest absolute Gasteiger partial charge is 0.463 e. The molecular formula is C6H6NOP. The van der Waals surface area contributed by atoms with Gasteiger partial charge in [-0.1, -0.05) is 9.24 Å². The van der Waals surface area contributed by atoms with Crippen LogP contribution >= 0.6 is 9.24 Å². The summed E-state index contributed by atoms with van der Waals surface area (Å²) in [7, 11) is 2.58. The molecule has 9 heavy (non-hydrogen) atoms. The van der Waals surface area contributed by atoms with Gasteiger partial charge < -0.3 is 9.40 Å². The van der Waals surface area contributed by atoms with Gasteiger partial charge in [-0.3, -0.25) is 0 Å². The molecule has 0 saturated heterocycles. The van der Waals surface area contributed by atoms with Crippen LogP contribution in [0.1, 0.15) is 0 Å². The molecule has 0 aliphatic carbocycles. The highest BCUT2D eigenvalue weighted by Crippen LogP contribution is 2.11. The van der Waals surface area contributed by atoms with Crippen molar-refractivity contribution in [3.05, 3.63) is 18.4 Å². The van der Waals surface area contributed by atoms with Gasteiger partial charge in [0.15, 0.2) is 5.58 Å². The first-order chi connectivity index (χ1) is 4.36. The van der Waals surface area contributed by atoms with Crippen molar-refractivity contribution in [1.82, 2.24) is 4.98 Å². The SMILES string of the molecule is Pc1cc2occc2[nH]1. The van der Waals surface area contributed by atoms with E-state index in [0.717, 1.165) is 16.5 Å². The van der Waals surface area contributed by atoms with Gasteiger partial charge in [0.1, 0.15) is 0 Å². The molecule has 0 saturated carbocycles. The van der Waals surface area contributed by atoms with Crippen LogP contribution in [0, 0.1) is 0 Å². The highest BCUT2D eigenvalue weighted by atomic mass is 31.0. The summed E-state index contributed by atoms with van der Waals surface area (Å²) in [6, 6.07) is 3.85. The van der Waals surface area contributed by atoms with Crippen molar-refractivity contribution >= 4 is 25.8 Å². The van der Waals surface area contributed by atoms with Crippen LogP contribution in [0.5, 0.6) is 0 Å². The van der Waals surface area contributed by atoms with Crippen molar-refractivity contribution in [1.29, 1.82) is 0 Å². The fraction of sp³-hybridized carbons (Fsp3) is 0. The maximum atomic E-state index is 5.09. The minimum absolute atomic E-state index is 0.917. The van der Waals surface area contributed by atoms with Gasteiger partial charge in [-0.05, 0) is 0 Å². The zero-order valence-electron chi connectivity index (χ0n) is 4.72. The second-order valence-corrected chi connectivity index (χ2v) is 2.55. The maximum absolute atomic E-state index is 5.09. The van der Waals surface area contributed by atoms with Gasteiger partial charge in [0.2, 0.25) is 0 Å². The Morgan fingerprint density at radius 3 is 3.22 bits per heavy atom. The molecule has 0 aliphatic heterocycles. The minimum Gasteiger partial charge on any atom is -0.463 e. The normalized spacial score (nSPS) is 10.8. The topological polar surface area (TPSA) is 28.9 Å². The average molecular weight is 139 g/mol. The van der Waals surface area contributed by atoms with Gasteiger partial charge in [0, 0.05) is 17.6 Å². The predicted molar refractivity (Wildman–Crippen MR) is 39.9 cm³/mol. The Bertz CT molecular complexity index is 294. The van der Waals surface area contributed by atoms with Gasteiger partial charge in [-0.15, -0.1) is 0 Å². The summed E-state index contributed by atoms with van der Waals surface area (Å²) in [5, 5.41) is 0. The molecule has 0 aliphatic rings. The van der Waals surface area contributed by atoms with E-state index in [1.807, 2.05) is 12.1 Å². The van der Waals surface area contributed by atoms with E-state index in [2.05, 4.69) is 14.2 Å². The minimum atomic E-state index is 0.917. The number of aromatic nitrogens is 1. The smallest absolute Gasteiger partial charge is 0.152 e. The van der Waals surface area contributed by atoms with E-state index < -0.39 is 0 Å². The van der Waals surface area contributed by atoms with E-state index in [1.165, 1.54) is 0 Å². The molecule has 2 heterocycles. The molecule has 3 heteroatoms. The summed E-state index contributed by atoms with van der Waals surface area (Å²) in [4.78, 5) is 3.11. The molecular weight excluding hydrogens is 133 g/mol. The number of hydrogen-bond donors (Lipinski definition) is 1. The van der Waals surface area contributed by atoms with Crippen molar-refractivity contribution in [3.63, 3.8) is 0 Å². The van der Waals surface area contributed by atoms with Gasteiger partial charge in [-0.25, -0.2) is 0 Å². The van der Waals surface area contributed by atoms with E-state index in [4.69, 9.17) is 4.42 Å². The Morgan fingerprint density at radius 2 is 2.44 bits per heavy atom. The standard InChI is InChI=1S/C6H6NOP/c9-6-3-5-4(7-6)1-2-8-5/h1-3,7H,9H2. The quantitative estimate of drug-likeness (QED) is 0.547. The van der Waals surface area contributed by atoms with Crippen molar-refractivity contribution in [2.24, 2.45) is 0 Å². The molecule has 46 valence electrons. The van der Waals surface area contributed by atoms with E-state index in [0.29, 0.717) is 0 Å². The molecule has 0 aromatic carbocycles. The van der Waals surface area contributed by atoms with Crippen molar-refractivity contribution in [2.75, 3.05) is 0 Å². The van der Waals surface area contributed by atoms with E-state index >= 15 is 0 Å². The number of nitrogens with one attached hydrogen (secondary N) is 1. The highest BCUT2D eigenvalue weighted by Gasteiger charge is 1.96. The van der Waals surface area contributed by atoms with Gasteiger partial charge in [-0.2, -0.15) is 0 Å². The van der Waals surface area contributed by atoms with Crippen LogP contribution in [-0.2, 0) is 0 Å². The Morgan fingerprint density at radius 1 is 1.56 bits per heavy atom. The Hall–Kier alpha value is -0.750. The molecule has 1 N–H and O–H groups in total. The van der Waals surface area contributed by atoms with E-state index in [-0.39, 0.29) is 0 Å². The second kappa shape index (κ2) is 1.61. The average Bonchev–Trinajstić information content (AvgIpc) is 2.22. The third-order valence-corrected chi connectivity index (χ3v) is 1.57. The lowest BCUT2D eigenvalue weighted by molar-refractivity contribution is 0.616. The molecule has 1 unspecified atom stereocenters. The van der Waals surface area contributed by atoms with Crippen LogP contribution in [0.25, 0.3) is 11.1 Å². The van der Waals surface area contributed by atoms with E-state index in [9.17, 15) is 0 Å². The number of furan rings is 1. The predicted octanol–water partition coefficient (Wildman–Crippen LogP) is 1.26. The first-order valence-corrected chi connectivity index (χ1v) is 3.26. The van der Waals surface area contributed by atoms with Crippen LogP contribution in [0.2, 0.25) is 0 Å². The lowest BCUT2D eigenvalue weighted by Gasteiger charge is -1.73. The molecule has 2 nitrogen and oxygen atoms in total. The fourth-order valence-electron chi connectivity index (χ4n) is 0.869. The van der Waals surface area contributed by atoms with Crippen molar-refractivity contribution < 1.29 is 4.42 Å². The lowest BCUT2D eigenvalue weighted by atomic mass is 10.5. The molecule has 0 radical (unpaired) electrons. The number of fused-ring (bicyclic) bond motifs is 1. The molecule has 1 atom stereocenters. The van der Waals surface area contributed by atoms with Gasteiger partial charge in [0.25, 0.3) is 0 Å². The Labute approximate surface area is 54.4 Å². The molecule has 2 rings (SSSR count). The summed E-state index contributed by atoms with van der Waals surface area (Å²) < 4.78 is 5.09. The third kappa shape index (κ3) is 0.672. The highest BCUT2D eigenvalue weighted by molar-refractivity contribution is 7.27. The molecule has 0 amide bonds. The summed E-state index contributed by atoms with van der Waals surface area (Å²) in [5.41, 5.74) is 3.03. The third-order valence-electron chi connectivity index (χ3n) is 1.26. The Kier molecular flexibility index (Phi) is 0.908. The van der Waals surface area contributed by atoms with E-state index in [1.54, 1.807) is 6.26 Å². The zero-order chi connectivity index (χ0) is 6.27. The fourth-order valence-corrected chi connectivity index (χ4v) is 1.18. The number of aromatic amines is 1. The monoisotopic (exact) mass is 139 g/mol. The Balaban J connectivity index is 2.92. The summed E-state index contributed by atoms with van der Waals surface area (Å²) in [6.07, 6.45) is 1.67. The first kappa shape index (κ1) is 5.07. The van der Waals surface area contributed by atoms with Crippen molar-refractivity contribution in [3.8, 4) is 0 Å². The van der Waals surface area contributed by atoms with Crippen LogP contribution in [0.15, 0.2) is 22.8 Å². The summed E-state index contributed by atoms with van der Waals surface area (Å²) in [6.45, 7) is 0.